The van der Waals surface area contributed by atoms with Gasteiger partial charge >= 0.3 is 0 Å². The molecule has 2 heterocycles. The first-order valence-corrected chi connectivity index (χ1v) is 9.99. The Labute approximate surface area is 161 Å². The van der Waals surface area contributed by atoms with E-state index in [-0.39, 0.29) is 30.6 Å². The summed E-state index contributed by atoms with van der Waals surface area (Å²) in [5.74, 6) is 0.389. The zero-order chi connectivity index (χ0) is 19.2. The number of hydrogen-bond acceptors (Lipinski definition) is 4. The fourth-order valence-electron chi connectivity index (χ4n) is 3.83. The summed E-state index contributed by atoms with van der Waals surface area (Å²) in [6, 6.07) is 7.17. The minimum Gasteiger partial charge on any atom is -0.483 e. The number of hydrogen-bond donors (Lipinski definition) is 0. The molecule has 3 rings (SSSR count). The summed E-state index contributed by atoms with van der Waals surface area (Å²) in [6.07, 6.45) is 4.48. The fraction of sp³-hybridized carbons (Fsp3) is 0.619. The summed E-state index contributed by atoms with van der Waals surface area (Å²) in [5.41, 5.74) is 0.502. The van der Waals surface area contributed by atoms with Crippen LogP contribution in [-0.4, -0.2) is 66.6 Å². The van der Waals surface area contributed by atoms with Gasteiger partial charge in [-0.05, 0) is 38.8 Å². The summed E-state index contributed by atoms with van der Waals surface area (Å²) in [6.45, 7) is 6.63. The van der Waals surface area contributed by atoms with Crippen LogP contribution in [0, 0.1) is 0 Å². The Morgan fingerprint density at radius 3 is 2.30 bits per heavy atom. The molecule has 0 spiro atoms. The van der Waals surface area contributed by atoms with Gasteiger partial charge in [0.1, 0.15) is 5.75 Å². The third-order valence-corrected chi connectivity index (χ3v) is 5.13. The van der Waals surface area contributed by atoms with Gasteiger partial charge in [-0.1, -0.05) is 25.0 Å². The molecule has 0 radical (unpaired) electrons. The molecule has 1 aromatic carbocycles. The highest BCUT2D eigenvalue weighted by Crippen LogP contribution is 2.22. The Morgan fingerprint density at radius 2 is 1.63 bits per heavy atom. The largest absolute Gasteiger partial charge is 0.483 e. The van der Waals surface area contributed by atoms with Crippen molar-refractivity contribution < 1.29 is 19.1 Å². The molecule has 1 aromatic rings. The highest BCUT2D eigenvalue weighted by molar-refractivity contribution is 5.97. The molecule has 2 unspecified atom stereocenters. The van der Waals surface area contributed by atoms with E-state index >= 15 is 0 Å². The lowest BCUT2D eigenvalue weighted by Gasteiger charge is -2.35. The normalized spacial score (nSPS) is 23.6. The molecule has 2 aliphatic rings. The number of carbonyl (C=O) groups excluding carboxylic acids is 2. The number of benzene rings is 1. The zero-order valence-electron chi connectivity index (χ0n) is 16.4. The van der Waals surface area contributed by atoms with E-state index < -0.39 is 0 Å². The fourth-order valence-corrected chi connectivity index (χ4v) is 3.83. The highest BCUT2D eigenvalue weighted by atomic mass is 16.5. The molecule has 2 atom stereocenters. The van der Waals surface area contributed by atoms with E-state index in [0.29, 0.717) is 24.4 Å². The van der Waals surface area contributed by atoms with Crippen molar-refractivity contribution in [3.8, 4) is 5.75 Å². The predicted molar refractivity (Wildman–Crippen MR) is 103 cm³/mol. The van der Waals surface area contributed by atoms with Crippen molar-refractivity contribution in [2.24, 2.45) is 0 Å². The van der Waals surface area contributed by atoms with Gasteiger partial charge in [0.2, 0.25) is 0 Å². The minimum atomic E-state index is -0.0742. The van der Waals surface area contributed by atoms with Crippen molar-refractivity contribution in [3.63, 3.8) is 0 Å². The van der Waals surface area contributed by atoms with Crippen LogP contribution < -0.4 is 4.74 Å². The maximum Gasteiger partial charge on any atom is 0.260 e. The number of rotatable bonds is 4. The Bertz CT molecular complexity index is 645. The number of para-hydroxylation sites is 1. The van der Waals surface area contributed by atoms with Crippen LogP contribution in [0.2, 0.25) is 0 Å². The van der Waals surface area contributed by atoms with Gasteiger partial charge in [-0.15, -0.1) is 0 Å². The van der Waals surface area contributed by atoms with E-state index in [1.165, 1.54) is 12.8 Å². The number of likely N-dealkylation sites (tertiary alicyclic amines) is 1. The molecule has 2 fully saturated rings. The highest BCUT2D eigenvalue weighted by Gasteiger charge is 2.28. The van der Waals surface area contributed by atoms with Crippen LogP contribution in [0.1, 0.15) is 49.9 Å². The first-order valence-electron chi connectivity index (χ1n) is 9.99. The molecule has 6 nitrogen and oxygen atoms in total. The maximum absolute atomic E-state index is 13.0. The van der Waals surface area contributed by atoms with Crippen LogP contribution in [-0.2, 0) is 9.53 Å². The first-order chi connectivity index (χ1) is 13.0. The van der Waals surface area contributed by atoms with E-state index in [0.717, 1.165) is 25.9 Å². The van der Waals surface area contributed by atoms with Gasteiger partial charge in [0, 0.05) is 26.2 Å². The molecule has 0 aliphatic carbocycles. The molecule has 0 bridgehead atoms. The van der Waals surface area contributed by atoms with Crippen molar-refractivity contribution in [2.45, 2.75) is 51.7 Å². The molecule has 27 heavy (non-hydrogen) atoms. The lowest BCUT2D eigenvalue weighted by atomic mass is 10.1. The number of nitrogens with zero attached hydrogens (tertiary/aromatic N) is 2. The molecular formula is C21H30N2O4. The third-order valence-electron chi connectivity index (χ3n) is 5.13. The topological polar surface area (TPSA) is 59.1 Å². The minimum absolute atomic E-state index is 0.00670. The van der Waals surface area contributed by atoms with Crippen molar-refractivity contribution in [3.05, 3.63) is 29.8 Å². The van der Waals surface area contributed by atoms with E-state index in [2.05, 4.69) is 0 Å². The second kappa shape index (κ2) is 9.22. The summed E-state index contributed by atoms with van der Waals surface area (Å²) in [4.78, 5) is 29.2. The Kier molecular flexibility index (Phi) is 6.72. The quantitative estimate of drug-likeness (QED) is 0.813. The van der Waals surface area contributed by atoms with E-state index in [4.69, 9.17) is 9.47 Å². The van der Waals surface area contributed by atoms with Gasteiger partial charge in [-0.25, -0.2) is 0 Å². The van der Waals surface area contributed by atoms with Crippen molar-refractivity contribution in [1.82, 2.24) is 9.80 Å². The second-order valence-corrected chi connectivity index (χ2v) is 7.55. The van der Waals surface area contributed by atoms with Gasteiger partial charge in [0.25, 0.3) is 11.8 Å². The van der Waals surface area contributed by atoms with Crippen LogP contribution in [0.5, 0.6) is 5.75 Å². The lowest BCUT2D eigenvalue weighted by Crippen LogP contribution is -2.48. The summed E-state index contributed by atoms with van der Waals surface area (Å²) in [7, 11) is 0. The van der Waals surface area contributed by atoms with Crippen LogP contribution in [0.15, 0.2) is 24.3 Å². The second-order valence-electron chi connectivity index (χ2n) is 7.55. The molecule has 2 saturated heterocycles. The molecule has 2 aliphatic heterocycles. The van der Waals surface area contributed by atoms with Crippen LogP contribution in [0.3, 0.4) is 0 Å². The third kappa shape index (κ3) is 5.22. The lowest BCUT2D eigenvalue weighted by molar-refractivity contribution is -0.133. The van der Waals surface area contributed by atoms with E-state index in [1.807, 2.05) is 30.9 Å². The van der Waals surface area contributed by atoms with Gasteiger partial charge in [-0.2, -0.15) is 0 Å². The average Bonchev–Trinajstić information content (AvgIpc) is 2.94. The Morgan fingerprint density at radius 1 is 1.00 bits per heavy atom. The molecule has 0 saturated carbocycles. The molecule has 0 N–H and O–H groups in total. The molecular weight excluding hydrogens is 344 g/mol. The van der Waals surface area contributed by atoms with Crippen molar-refractivity contribution in [2.75, 3.05) is 32.8 Å². The average molecular weight is 374 g/mol. The molecule has 6 heteroatoms. The van der Waals surface area contributed by atoms with Crippen LogP contribution in [0.25, 0.3) is 0 Å². The maximum atomic E-state index is 13.0. The monoisotopic (exact) mass is 374 g/mol. The SMILES string of the molecule is CC1CN(C(=O)c2ccccc2OCC(=O)N2CCCCCC2)CC(C)O1. The van der Waals surface area contributed by atoms with Crippen molar-refractivity contribution in [1.29, 1.82) is 0 Å². The molecule has 148 valence electrons. The van der Waals surface area contributed by atoms with E-state index in [1.54, 1.807) is 17.0 Å². The van der Waals surface area contributed by atoms with Gasteiger partial charge in [0.05, 0.1) is 17.8 Å². The van der Waals surface area contributed by atoms with Gasteiger partial charge in [0.15, 0.2) is 6.61 Å². The number of carbonyl (C=O) groups is 2. The standard InChI is InChI=1S/C21H30N2O4/c1-16-13-23(14-17(2)27-16)21(25)18-9-5-6-10-19(18)26-15-20(24)22-11-7-3-4-8-12-22/h5-6,9-10,16-17H,3-4,7-8,11-15H2,1-2H3. The molecule has 0 aromatic heterocycles. The molecule has 2 amide bonds. The number of amides is 2. The van der Waals surface area contributed by atoms with Crippen molar-refractivity contribution >= 4 is 11.8 Å². The van der Waals surface area contributed by atoms with Crippen LogP contribution in [0.4, 0.5) is 0 Å². The first kappa shape index (κ1) is 19.7. The Hall–Kier alpha value is -2.08. The summed E-state index contributed by atoms with van der Waals surface area (Å²) < 4.78 is 11.5. The van der Waals surface area contributed by atoms with Gasteiger partial charge in [-0.3, -0.25) is 9.59 Å². The summed E-state index contributed by atoms with van der Waals surface area (Å²) in [5, 5.41) is 0. The number of ether oxygens (including phenoxy) is 2. The predicted octanol–water partition coefficient (Wildman–Crippen LogP) is 2.72. The van der Waals surface area contributed by atoms with Gasteiger partial charge < -0.3 is 19.3 Å². The van der Waals surface area contributed by atoms with Crippen LogP contribution >= 0.6 is 0 Å². The van der Waals surface area contributed by atoms with E-state index in [9.17, 15) is 9.59 Å². The Balaban J connectivity index is 1.65. The summed E-state index contributed by atoms with van der Waals surface area (Å²) >= 11 is 0. The smallest absolute Gasteiger partial charge is 0.260 e. The number of morpholine rings is 1. The zero-order valence-corrected chi connectivity index (χ0v) is 16.4.